The van der Waals surface area contributed by atoms with Crippen molar-refractivity contribution in [3.05, 3.63) is 12.2 Å². The average molecular weight is 301 g/mol. The van der Waals surface area contributed by atoms with Crippen LogP contribution in [0.5, 0.6) is 0 Å². The van der Waals surface area contributed by atoms with Gasteiger partial charge < -0.3 is 24.6 Å². The standard InChI is InChI=1S/C14H23NO6/c1-2-3-4-5-6-7-8-15(9-12(16)17,10-13(18)19)11-14(20)21/h4-5H,2-3,6-11H2,1H3,(H2-,16,17,18,19,20,21)/b5-4+. The van der Waals surface area contributed by atoms with Gasteiger partial charge in [-0.05, 0) is 12.8 Å². The Morgan fingerprint density at radius 3 is 1.95 bits per heavy atom. The van der Waals surface area contributed by atoms with E-state index < -0.39 is 42.0 Å². The topological polar surface area (TPSA) is 115 Å². The predicted molar refractivity (Wildman–Crippen MR) is 73.3 cm³/mol. The fraction of sp³-hybridized carbons (Fsp3) is 0.643. The molecule has 0 saturated carbocycles. The molecular formula is C14H23NO6. The van der Waals surface area contributed by atoms with Gasteiger partial charge in [-0.15, -0.1) is 0 Å². The van der Waals surface area contributed by atoms with Crippen LogP contribution in [0.1, 0.15) is 32.6 Å². The van der Waals surface area contributed by atoms with E-state index in [0.29, 0.717) is 12.8 Å². The number of carboxylic acids is 3. The summed E-state index contributed by atoms with van der Waals surface area (Å²) >= 11 is 0. The largest absolute Gasteiger partial charge is 0.544 e. The molecule has 7 nitrogen and oxygen atoms in total. The maximum absolute atomic E-state index is 10.9. The first-order chi connectivity index (χ1) is 9.81. The molecule has 0 aliphatic carbocycles. The molecule has 0 radical (unpaired) electrons. The number of rotatable bonds is 12. The molecule has 0 unspecified atom stereocenters. The van der Waals surface area contributed by atoms with E-state index in [0.717, 1.165) is 12.8 Å². The molecule has 0 rings (SSSR count). The number of carbonyl (C=O) groups excluding carboxylic acids is 1. The number of unbranched alkanes of at least 4 members (excludes halogenated alkanes) is 2. The van der Waals surface area contributed by atoms with E-state index in [9.17, 15) is 19.5 Å². The van der Waals surface area contributed by atoms with Crippen molar-refractivity contribution in [1.29, 1.82) is 0 Å². The molecule has 0 aromatic rings. The van der Waals surface area contributed by atoms with Crippen LogP contribution in [0.3, 0.4) is 0 Å². The number of hydrogen-bond donors (Lipinski definition) is 2. The van der Waals surface area contributed by atoms with E-state index in [4.69, 9.17) is 10.2 Å². The van der Waals surface area contributed by atoms with Gasteiger partial charge in [0, 0.05) is 6.42 Å². The van der Waals surface area contributed by atoms with Gasteiger partial charge in [-0.25, -0.2) is 9.59 Å². The summed E-state index contributed by atoms with van der Waals surface area (Å²) in [6.45, 7) is 0.518. The lowest BCUT2D eigenvalue weighted by Gasteiger charge is -2.36. The normalized spacial score (nSPS) is 11.7. The third-order valence-corrected chi connectivity index (χ3v) is 3.03. The second-order valence-electron chi connectivity index (χ2n) is 5.10. The molecule has 0 aliphatic heterocycles. The zero-order chi connectivity index (χ0) is 16.3. The van der Waals surface area contributed by atoms with E-state index in [1.165, 1.54) is 0 Å². The first-order valence-corrected chi connectivity index (χ1v) is 6.95. The fourth-order valence-electron chi connectivity index (χ4n) is 2.20. The van der Waals surface area contributed by atoms with Gasteiger partial charge in [0.15, 0.2) is 13.1 Å². The number of hydrogen-bond acceptors (Lipinski definition) is 4. The summed E-state index contributed by atoms with van der Waals surface area (Å²) in [7, 11) is 0. The van der Waals surface area contributed by atoms with Gasteiger partial charge in [0.2, 0.25) is 0 Å². The van der Waals surface area contributed by atoms with Crippen molar-refractivity contribution in [1.82, 2.24) is 0 Å². The maximum atomic E-state index is 10.9. The third kappa shape index (κ3) is 9.61. The molecular weight excluding hydrogens is 278 g/mol. The minimum atomic E-state index is -1.45. The molecule has 7 heteroatoms. The SMILES string of the molecule is CCC/C=C/CCC[N+](CC(=O)[O-])(CC(=O)O)CC(=O)O. The molecule has 120 valence electrons. The number of allylic oxidation sites excluding steroid dienone is 2. The van der Waals surface area contributed by atoms with Gasteiger partial charge in [0.1, 0.15) is 6.54 Å². The van der Waals surface area contributed by atoms with Crippen LogP contribution in [-0.2, 0) is 14.4 Å². The Hall–Kier alpha value is -1.89. The van der Waals surface area contributed by atoms with Crippen molar-refractivity contribution < 1.29 is 34.2 Å². The highest BCUT2D eigenvalue weighted by atomic mass is 16.4. The number of carboxylic acid groups (broad SMARTS) is 3. The lowest BCUT2D eigenvalue weighted by molar-refractivity contribution is -0.909. The predicted octanol–water partition coefficient (Wildman–Crippen LogP) is -0.141. The summed E-state index contributed by atoms with van der Waals surface area (Å²) < 4.78 is -0.533. The molecule has 2 N–H and O–H groups in total. The molecule has 0 fully saturated rings. The molecule has 0 bridgehead atoms. The maximum Gasteiger partial charge on any atom is 0.359 e. The molecule has 0 atom stereocenters. The van der Waals surface area contributed by atoms with Crippen LogP contribution in [0.25, 0.3) is 0 Å². The lowest BCUT2D eigenvalue weighted by Crippen LogP contribution is -2.59. The van der Waals surface area contributed by atoms with Gasteiger partial charge in [-0.3, -0.25) is 0 Å². The Bertz CT molecular complexity index is 350. The first kappa shape index (κ1) is 19.1. The minimum Gasteiger partial charge on any atom is -0.544 e. The highest BCUT2D eigenvalue weighted by Crippen LogP contribution is 2.10. The highest BCUT2D eigenvalue weighted by Gasteiger charge is 2.33. The van der Waals surface area contributed by atoms with Crippen LogP contribution in [0.4, 0.5) is 0 Å². The number of aliphatic carboxylic acids is 3. The van der Waals surface area contributed by atoms with Crippen molar-refractivity contribution >= 4 is 17.9 Å². The second kappa shape index (κ2) is 9.93. The highest BCUT2D eigenvalue weighted by molar-refractivity contribution is 5.72. The zero-order valence-electron chi connectivity index (χ0n) is 12.3. The number of nitrogens with zero attached hydrogens (tertiary/aromatic N) is 1. The van der Waals surface area contributed by atoms with Crippen LogP contribution in [0.15, 0.2) is 12.2 Å². The zero-order valence-corrected chi connectivity index (χ0v) is 12.3. The summed E-state index contributed by atoms with van der Waals surface area (Å²) in [5, 5.41) is 28.6. The summed E-state index contributed by atoms with van der Waals surface area (Å²) in [6.07, 6.45) is 7.10. The molecule has 0 amide bonds. The number of quaternary nitrogens is 1. The summed E-state index contributed by atoms with van der Waals surface area (Å²) in [4.78, 5) is 32.7. The first-order valence-electron chi connectivity index (χ1n) is 6.95. The third-order valence-electron chi connectivity index (χ3n) is 3.03. The Kier molecular flexibility index (Phi) is 9.03. The molecule has 0 spiro atoms. The van der Waals surface area contributed by atoms with Crippen LogP contribution in [-0.4, -0.2) is 58.8 Å². The minimum absolute atomic E-state index is 0.170. The van der Waals surface area contributed by atoms with E-state index in [2.05, 4.69) is 0 Å². The fourth-order valence-corrected chi connectivity index (χ4v) is 2.20. The molecule has 0 heterocycles. The Morgan fingerprint density at radius 1 is 1.00 bits per heavy atom. The van der Waals surface area contributed by atoms with E-state index in [-0.39, 0.29) is 6.54 Å². The van der Waals surface area contributed by atoms with Crippen molar-refractivity contribution in [3.8, 4) is 0 Å². The van der Waals surface area contributed by atoms with E-state index in [1.54, 1.807) is 0 Å². The van der Waals surface area contributed by atoms with Crippen molar-refractivity contribution in [3.63, 3.8) is 0 Å². The molecule has 0 saturated heterocycles. The quantitative estimate of drug-likeness (QED) is 0.294. The van der Waals surface area contributed by atoms with Gasteiger partial charge in [0.05, 0.1) is 12.5 Å². The van der Waals surface area contributed by atoms with E-state index in [1.807, 2.05) is 19.1 Å². The van der Waals surface area contributed by atoms with Crippen molar-refractivity contribution in [2.24, 2.45) is 0 Å². The van der Waals surface area contributed by atoms with Crippen LogP contribution in [0, 0.1) is 0 Å². The lowest BCUT2D eigenvalue weighted by atomic mass is 10.2. The molecule has 0 aliphatic rings. The second-order valence-corrected chi connectivity index (χ2v) is 5.10. The summed E-state index contributed by atoms with van der Waals surface area (Å²) in [5.74, 6) is -3.89. The van der Waals surface area contributed by atoms with Crippen LogP contribution >= 0.6 is 0 Å². The van der Waals surface area contributed by atoms with Gasteiger partial charge in [-0.1, -0.05) is 25.5 Å². The van der Waals surface area contributed by atoms with E-state index >= 15 is 0 Å². The van der Waals surface area contributed by atoms with Crippen molar-refractivity contribution in [2.75, 3.05) is 26.2 Å². The summed E-state index contributed by atoms with van der Waals surface area (Å²) in [5.41, 5.74) is 0. The van der Waals surface area contributed by atoms with Crippen LogP contribution < -0.4 is 5.11 Å². The van der Waals surface area contributed by atoms with Gasteiger partial charge in [0.25, 0.3) is 0 Å². The number of carbonyl (C=O) groups is 3. The van der Waals surface area contributed by atoms with Gasteiger partial charge >= 0.3 is 11.9 Å². The van der Waals surface area contributed by atoms with Crippen LogP contribution in [0.2, 0.25) is 0 Å². The Labute approximate surface area is 124 Å². The molecule has 21 heavy (non-hydrogen) atoms. The van der Waals surface area contributed by atoms with Gasteiger partial charge in [-0.2, -0.15) is 0 Å². The Balaban J connectivity index is 4.76. The monoisotopic (exact) mass is 301 g/mol. The smallest absolute Gasteiger partial charge is 0.359 e. The Morgan fingerprint density at radius 2 is 1.52 bits per heavy atom. The van der Waals surface area contributed by atoms with Crippen molar-refractivity contribution in [2.45, 2.75) is 32.6 Å². The summed E-state index contributed by atoms with van der Waals surface area (Å²) in [6, 6.07) is 0. The molecule has 0 aromatic carbocycles. The average Bonchev–Trinajstić information content (AvgIpc) is 2.30. The molecule has 0 aromatic heterocycles.